The number of hydrogen-bond donors (Lipinski definition) is 2. The summed E-state index contributed by atoms with van der Waals surface area (Å²) in [5.41, 5.74) is 4.70. The zero-order valence-electron chi connectivity index (χ0n) is 9.34. The van der Waals surface area contributed by atoms with Gasteiger partial charge in [-0.25, -0.2) is 0 Å². The fourth-order valence-corrected chi connectivity index (χ4v) is 1.86. The molecule has 0 aliphatic rings. The van der Waals surface area contributed by atoms with Gasteiger partial charge in [0.2, 0.25) is 0 Å². The molecule has 0 amide bonds. The Morgan fingerprint density at radius 2 is 2.00 bits per heavy atom. The summed E-state index contributed by atoms with van der Waals surface area (Å²) < 4.78 is 1.18. The second-order valence-corrected chi connectivity index (χ2v) is 4.65. The highest BCUT2D eigenvalue weighted by atomic mass is 79.9. The number of nitrogens with zero attached hydrogens (tertiary/aromatic N) is 1. The largest absolute Gasteiger partial charge is 0.379 e. The lowest BCUT2D eigenvalue weighted by molar-refractivity contribution is 0.981. The van der Waals surface area contributed by atoms with Gasteiger partial charge < -0.3 is 5.32 Å². The number of anilines is 1. The number of halogens is 1. The number of hydrogen-bond acceptors (Lipinski definition) is 2. The predicted octanol–water partition coefficient (Wildman–Crippen LogP) is 3.40. The third kappa shape index (κ3) is 2.44. The molecule has 0 atom stereocenters. The predicted molar refractivity (Wildman–Crippen MR) is 69.5 cm³/mol. The molecule has 0 unspecified atom stereocenters. The molecule has 0 radical (unpaired) electrons. The lowest BCUT2D eigenvalue weighted by atomic mass is 10.1. The molecule has 0 saturated carbocycles. The van der Waals surface area contributed by atoms with Gasteiger partial charge in [0.25, 0.3) is 0 Å². The van der Waals surface area contributed by atoms with Gasteiger partial charge in [0.15, 0.2) is 0 Å². The van der Waals surface area contributed by atoms with Crippen LogP contribution in [0.25, 0.3) is 0 Å². The van der Waals surface area contributed by atoms with Crippen LogP contribution in [0, 0.1) is 13.8 Å². The molecule has 2 N–H and O–H groups in total. The van der Waals surface area contributed by atoms with Crippen molar-refractivity contribution in [3.8, 4) is 0 Å². The molecule has 2 rings (SSSR count). The van der Waals surface area contributed by atoms with E-state index in [1.165, 1.54) is 15.6 Å². The molecule has 84 valence electrons. The molecule has 16 heavy (non-hydrogen) atoms. The molecule has 1 heterocycles. The van der Waals surface area contributed by atoms with E-state index < -0.39 is 0 Å². The normalized spacial score (nSPS) is 10.4. The first-order valence-corrected chi connectivity index (χ1v) is 5.95. The SMILES string of the molecule is Cc1cc(NCc2ccn[nH]2)cc(C)c1Br. The lowest BCUT2D eigenvalue weighted by Crippen LogP contribution is -2.00. The van der Waals surface area contributed by atoms with Crippen molar-refractivity contribution in [2.24, 2.45) is 0 Å². The first kappa shape index (κ1) is 11.2. The summed E-state index contributed by atoms with van der Waals surface area (Å²) in [5.74, 6) is 0. The Labute approximate surface area is 103 Å². The highest BCUT2D eigenvalue weighted by Gasteiger charge is 2.02. The molecule has 3 nitrogen and oxygen atoms in total. The van der Waals surface area contributed by atoms with Crippen molar-refractivity contribution in [1.29, 1.82) is 0 Å². The average molecular weight is 280 g/mol. The first-order chi connectivity index (χ1) is 7.66. The van der Waals surface area contributed by atoms with E-state index in [0.29, 0.717) is 0 Å². The molecule has 4 heteroatoms. The van der Waals surface area contributed by atoms with E-state index in [4.69, 9.17) is 0 Å². The van der Waals surface area contributed by atoms with E-state index in [1.54, 1.807) is 6.20 Å². The van der Waals surface area contributed by atoms with Crippen molar-refractivity contribution >= 4 is 21.6 Å². The average Bonchev–Trinajstić information content (AvgIpc) is 2.75. The third-order valence-corrected chi connectivity index (χ3v) is 3.73. The van der Waals surface area contributed by atoms with Gasteiger partial charge in [-0.1, -0.05) is 15.9 Å². The maximum Gasteiger partial charge on any atom is 0.0567 e. The van der Waals surface area contributed by atoms with Crippen LogP contribution >= 0.6 is 15.9 Å². The lowest BCUT2D eigenvalue weighted by Gasteiger charge is -2.09. The maximum absolute atomic E-state index is 3.91. The van der Waals surface area contributed by atoms with E-state index in [1.807, 2.05) is 6.07 Å². The Hall–Kier alpha value is -1.29. The van der Waals surface area contributed by atoms with Gasteiger partial charge in [-0.2, -0.15) is 5.10 Å². The number of aryl methyl sites for hydroxylation is 2. The maximum atomic E-state index is 3.91. The number of nitrogens with one attached hydrogen (secondary N) is 2. The highest BCUT2D eigenvalue weighted by Crippen LogP contribution is 2.25. The fraction of sp³-hybridized carbons (Fsp3) is 0.250. The molecule has 0 bridgehead atoms. The third-order valence-electron chi connectivity index (χ3n) is 2.48. The quantitative estimate of drug-likeness (QED) is 0.904. The molecule has 1 aromatic carbocycles. The molecule has 1 aromatic heterocycles. The van der Waals surface area contributed by atoms with Crippen LogP contribution < -0.4 is 5.32 Å². The van der Waals surface area contributed by atoms with Crippen molar-refractivity contribution < 1.29 is 0 Å². The minimum Gasteiger partial charge on any atom is -0.379 e. The Kier molecular flexibility index (Phi) is 3.29. The van der Waals surface area contributed by atoms with Crippen LogP contribution in [0.5, 0.6) is 0 Å². The van der Waals surface area contributed by atoms with E-state index >= 15 is 0 Å². The van der Waals surface area contributed by atoms with E-state index in [9.17, 15) is 0 Å². The molecule has 2 aromatic rings. The van der Waals surface area contributed by atoms with Crippen LogP contribution in [0.15, 0.2) is 28.9 Å². The second kappa shape index (κ2) is 4.70. The van der Waals surface area contributed by atoms with Crippen LogP contribution in [-0.2, 0) is 6.54 Å². The summed E-state index contributed by atoms with van der Waals surface area (Å²) in [5, 5.41) is 10.2. The van der Waals surface area contributed by atoms with Crippen molar-refractivity contribution in [2.75, 3.05) is 5.32 Å². The summed E-state index contributed by atoms with van der Waals surface area (Å²) >= 11 is 3.56. The van der Waals surface area contributed by atoms with Crippen LogP contribution in [0.1, 0.15) is 16.8 Å². The van der Waals surface area contributed by atoms with E-state index in [0.717, 1.165) is 17.9 Å². The fourth-order valence-electron chi connectivity index (χ4n) is 1.63. The topological polar surface area (TPSA) is 40.7 Å². The standard InChI is InChI=1S/C12H14BrN3/c1-8-5-11(6-9(2)12(8)13)14-7-10-3-4-15-16-10/h3-6,14H,7H2,1-2H3,(H,15,16). The van der Waals surface area contributed by atoms with Crippen LogP contribution in [0.2, 0.25) is 0 Å². The Morgan fingerprint density at radius 1 is 1.31 bits per heavy atom. The number of aromatic amines is 1. The Bertz CT molecular complexity index is 454. The van der Waals surface area contributed by atoms with Crippen LogP contribution in [-0.4, -0.2) is 10.2 Å². The number of benzene rings is 1. The molecule has 0 fully saturated rings. The summed E-state index contributed by atoms with van der Waals surface area (Å²) in [4.78, 5) is 0. The molecule has 0 aliphatic heterocycles. The van der Waals surface area contributed by atoms with Gasteiger partial charge in [0.05, 0.1) is 12.2 Å². The Balaban J connectivity index is 2.10. The number of rotatable bonds is 3. The van der Waals surface area contributed by atoms with Crippen LogP contribution in [0.4, 0.5) is 5.69 Å². The Morgan fingerprint density at radius 3 is 2.56 bits per heavy atom. The molecular formula is C12H14BrN3. The smallest absolute Gasteiger partial charge is 0.0567 e. The van der Waals surface area contributed by atoms with Crippen molar-refractivity contribution in [3.63, 3.8) is 0 Å². The molecule has 0 spiro atoms. The number of H-pyrrole nitrogens is 1. The van der Waals surface area contributed by atoms with Crippen molar-refractivity contribution in [2.45, 2.75) is 20.4 Å². The summed E-state index contributed by atoms with van der Waals surface area (Å²) in [7, 11) is 0. The van der Waals surface area contributed by atoms with Gasteiger partial charge in [-0.15, -0.1) is 0 Å². The molecule has 0 saturated heterocycles. The molecular weight excluding hydrogens is 266 g/mol. The van der Waals surface area contributed by atoms with Gasteiger partial charge in [-0.3, -0.25) is 5.10 Å². The highest BCUT2D eigenvalue weighted by molar-refractivity contribution is 9.10. The second-order valence-electron chi connectivity index (χ2n) is 3.86. The van der Waals surface area contributed by atoms with Crippen molar-refractivity contribution in [1.82, 2.24) is 10.2 Å². The van der Waals surface area contributed by atoms with E-state index in [-0.39, 0.29) is 0 Å². The van der Waals surface area contributed by atoms with Gasteiger partial charge in [-0.05, 0) is 43.2 Å². The summed E-state index contributed by atoms with van der Waals surface area (Å²) in [6.07, 6.45) is 1.76. The van der Waals surface area contributed by atoms with Gasteiger partial charge >= 0.3 is 0 Å². The summed E-state index contributed by atoms with van der Waals surface area (Å²) in [6, 6.07) is 6.23. The first-order valence-electron chi connectivity index (χ1n) is 5.15. The summed E-state index contributed by atoms with van der Waals surface area (Å²) in [6.45, 7) is 4.96. The van der Waals surface area contributed by atoms with Gasteiger partial charge in [0.1, 0.15) is 0 Å². The monoisotopic (exact) mass is 279 g/mol. The zero-order chi connectivity index (χ0) is 11.5. The zero-order valence-corrected chi connectivity index (χ0v) is 10.9. The minimum absolute atomic E-state index is 0.764. The number of aromatic nitrogens is 2. The minimum atomic E-state index is 0.764. The molecule has 0 aliphatic carbocycles. The van der Waals surface area contributed by atoms with Crippen LogP contribution in [0.3, 0.4) is 0 Å². The van der Waals surface area contributed by atoms with Gasteiger partial charge in [0, 0.05) is 16.4 Å². The van der Waals surface area contributed by atoms with E-state index in [2.05, 4.69) is 57.4 Å². The van der Waals surface area contributed by atoms with Crippen molar-refractivity contribution in [3.05, 3.63) is 45.7 Å².